The zero-order chi connectivity index (χ0) is 19.6. The minimum atomic E-state index is -0.0560. The third-order valence-electron chi connectivity index (χ3n) is 4.68. The van der Waals surface area contributed by atoms with Gasteiger partial charge in [-0.15, -0.1) is 11.3 Å². The van der Waals surface area contributed by atoms with Crippen LogP contribution in [0.15, 0.2) is 9.95 Å². The SMILES string of the molecule is Cc1sc2nc(SCC(=O)NC[C@H]3CCCO3)n(CC(C)C)c(=O)c2c1C. The van der Waals surface area contributed by atoms with E-state index < -0.39 is 0 Å². The van der Waals surface area contributed by atoms with Crippen molar-refractivity contribution >= 4 is 39.2 Å². The number of fused-ring (bicyclic) bond motifs is 1. The number of ether oxygens (including phenoxy) is 1. The molecule has 1 amide bonds. The second-order valence-electron chi connectivity index (χ2n) is 7.40. The zero-order valence-corrected chi connectivity index (χ0v) is 18.0. The van der Waals surface area contributed by atoms with E-state index in [0.29, 0.717) is 29.6 Å². The summed E-state index contributed by atoms with van der Waals surface area (Å²) in [7, 11) is 0. The number of rotatable bonds is 7. The van der Waals surface area contributed by atoms with Gasteiger partial charge in [-0.25, -0.2) is 4.98 Å². The Morgan fingerprint density at radius 1 is 1.44 bits per heavy atom. The minimum absolute atomic E-state index is 0.00202. The third kappa shape index (κ3) is 4.73. The maximum Gasteiger partial charge on any atom is 0.263 e. The molecule has 1 saturated heterocycles. The molecule has 1 fully saturated rings. The highest BCUT2D eigenvalue weighted by molar-refractivity contribution is 7.99. The molecule has 2 aromatic rings. The molecule has 2 aromatic heterocycles. The molecule has 3 heterocycles. The highest BCUT2D eigenvalue weighted by atomic mass is 32.2. The first-order valence-corrected chi connectivity index (χ1v) is 11.2. The Morgan fingerprint density at radius 2 is 2.22 bits per heavy atom. The predicted octanol–water partition coefficient (Wildman–Crippen LogP) is 3.12. The lowest BCUT2D eigenvalue weighted by Crippen LogP contribution is -2.33. The summed E-state index contributed by atoms with van der Waals surface area (Å²) in [4.78, 5) is 31.9. The molecule has 0 spiro atoms. The summed E-state index contributed by atoms with van der Waals surface area (Å²) in [6.07, 6.45) is 2.18. The van der Waals surface area contributed by atoms with Crippen molar-refractivity contribution < 1.29 is 9.53 Å². The van der Waals surface area contributed by atoms with Gasteiger partial charge in [0.25, 0.3) is 5.56 Å². The predicted molar refractivity (Wildman–Crippen MR) is 111 cm³/mol. The van der Waals surface area contributed by atoms with E-state index in [2.05, 4.69) is 19.2 Å². The van der Waals surface area contributed by atoms with E-state index >= 15 is 0 Å². The first-order chi connectivity index (χ1) is 12.9. The van der Waals surface area contributed by atoms with Crippen molar-refractivity contribution in [1.29, 1.82) is 0 Å². The molecular formula is C19H27N3O3S2. The van der Waals surface area contributed by atoms with Crippen LogP contribution in [0.25, 0.3) is 10.2 Å². The second-order valence-corrected chi connectivity index (χ2v) is 9.54. The Morgan fingerprint density at radius 3 is 2.89 bits per heavy atom. The number of carbonyl (C=O) groups is 1. The van der Waals surface area contributed by atoms with Gasteiger partial charge in [0.1, 0.15) is 4.83 Å². The van der Waals surface area contributed by atoms with Gasteiger partial charge in [0.15, 0.2) is 5.16 Å². The van der Waals surface area contributed by atoms with E-state index in [1.165, 1.54) is 11.8 Å². The Hall–Kier alpha value is -1.38. The van der Waals surface area contributed by atoms with Crippen LogP contribution in [0.1, 0.15) is 37.1 Å². The first kappa shape index (κ1) is 20.4. The lowest BCUT2D eigenvalue weighted by atomic mass is 10.2. The molecule has 0 unspecified atom stereocenters. The van der Waals surface area contributed by atoms with Crippen LogP contribution in [0.4, 0.5) is 0 Å². The van der Waals surface area contributed by atoms with Gasteiger partial charge >= 0.3 is 0 Å². The number of thioether (sulfide) groups is 1. The molecule has 0 aliphatic carbocycles. The van der Waals surface area contributed by atoms with Gasteiger partial charge in [0.05, 0.1) is 17.2 Å². The third-order valence-corrected chi connectivity index (χ3v) is 6.76. The van der Waals surface area contributed by atoms with Gasteiger partial charge in [-0.2, -0.15) is 0 Å². The van der Waals surface area contributed by atoms with Gasteiger partial charge in [0.2, 0.25) is 5.91 Å². The van der Waals surface area contributed by atoms with Crippen LogP contribution in [-0.4, -0.2) is 40.5 Å². The molecule has 0 saturated carbocycles. The number of thiophene rings is 1. The standard InChI is InChI=1S/C19H27N3O3S2/c1-11(2)9-22-18(24)16-12(3)13(4)27-17(16)21-19(22)26-10-15(23)20-8-14-6-5-7-25-14/h11,14H,5-10H2,1-4H3,(H,20,23)/t14-/m1/s1. The number of hydrogen-bond acceptors (Lipinski definition) is 6. The molecule has 3 rings (SSSR count). The molecule has 27 heavy (non-hydrogen) atoms. The molecule has 0 bridgehead atoms. The van der Waals surface area contributed by atoms with Gasteiger partial charge in [0, 0.05) is 24.6 Å². The number of aromatic nitrogens is 2. The molecule has 1 atom stereocenters. The lowest BCUT2D eigenvalue weighted by molar-refractivity contribution is -0.119. The molecule has 1 N–H and O–H groups in total. The number of aryl methyl sites for hydroxylation is 2. The van der Waals surface area contributed by atoms with E-state index in [-0.39, 0.29) is 23.3 Å². The first-order valence-electron chi connectivity index (χ1n) is 9.38. The number of amides is 1. The van der Waals surface area contributed by atoms with Crippen molar-refractivity contribution in [3.8, 4) is 0 Å². The van der Waals surface area contributed by atoms with Gasteiger partial charge in [-0.1, -0.05) is 25.6 Å². The minimum Gasteiger partial charge on any atom is -0.376 e. The van der Waals surface area contributed by atoms with Crippen molar-refractivity contribution in [3.63, 3.8) is 0 Å². The quantitative estimate of drug-likeness (QED) is 0.562. The van der Waals surface area contributed by atoms with Crippen molar-refractivity contribution in [1.82, 2.24) is 14.9 Å². The fourth-order valence-electron chi connectivity index (χ4n) is 3.16. The van der Waals surface area contributed by atoms with Gasteiger partial charge < -0.3 is 10.1 Å². The number of hydrogen-bond donors (Lipinski definition) is 1. The van der Waals surface area contributed by atoms with Crippen molar-refractivity contribution in [3.05, 3.63) is 20.8 Å². The van der Waals surface area contributed by atoms with Gasteiger partial charge in [-0.05, 0) is 38.2 Å². The van der Waals surface area contributed by atoms with Crippen molar-refractivity contribution in [2.45, 2.75) is 58.3 Å². The fraction of sp³-hybridized carbons (Fsp3) is 0.632. The maximum atomic E-state index is 13.1. The number of nitrogens with zero attached hydrogens (tertiary/aromatic N) is 2. The summed E-state index contributed by atoms with van der Waals surface area (Å²) in [6.45, 7) is 10.1. The van der Waals surface area contributed by atoms with Crippen LogP contribution in [0.3, 0.4) is 0 Å². The maximum absolute atomic E-state index is 13.1. The summed E-state index contributed by atoms with van der Waals surface area (Å²) in [5.74, 6) is 0.501. The van der Waals surface area contributed by atoms with Crippen LogP contribution >= 0.6 is 23.1 Å². The molecular weight excluding hydrogens is 382 g/mol. The van der Waals surface area contributed by atoms with E-state index in [9.17, 15) is 9.59 Å². The van der Waals surface area contributed by atoms with Crippen LogP contribution in [-0.2, 0) is 16.1 Å². The lowest BCUT2D eigenvalue weighted by Gasteiger charge is -2.14. The summed E-state index contributed by atoms with van der Waals surface area (Å²) in [5.41, 5.74) is 1.01. The molecule has 0 radical (unpaired) electrons. The average Bonchev–Trinajstić information content (AvgIpc) is 3.22. The Labute approximate surface area is 167 Å². The highest BCUT2D eigenvalue weighted by Crippen LogP contribution is 2.28. The van der Waals surface area contributed by atoms with E-state index in [4.69, 9.17) is 9.72 Å². The van der Waals surface area contributed by atoms with Crippen LogP contribution < -0.4 is 10.9 Å². The molecule has 1 aliphatic rings. The number of carbonyl (C=O) groups excluding carboxylic acids is 1. The van der Waals surface area contributed by atoms with Crippen molar-refractivity contribution in [2.24, 2.45) is 5.92 Å². The largest absolute Gasteiger partial charge is 0.376 e. The number of nitrogens with one attached hydrogen (secondary N) is 1. The van der Waals surface area contributed by atoms with E-state index in [1.807, 2.05) is 13.8 Å². The molecule has 8 heteroatoms. The van der Waals surface area contributed by atoms with Crippen molar-refractivity contribution in [2.75, 3.05) is 18.9 Å². The topological polar surface area (TPSA) is 73.2 Å². The monoisotopic (exact) mass is 409 g/mol. The normalized spacial score (nSPS) is 17.1. The highest BCUT2D eigenvalue weighted by Gasteiger charge is 2.19. The zero-order valence-electron chi connectivity index (χ0n) is 16.3. The molecule has 148 valence electrons. The summed E-state index contributed by atoms with van der Waals surface area (Å²) in [6, 6.07) is 0. The van der Waals surface area contributed by atoms with E-state index in [1.54, 1.807) is 15.9 Å². The molecule has 6 nitrogen and oxygen atoms in total. The van der Waals surface area contributed by atoms with Crippen LogP contribution in [0.5, 0.6) is 0 Å². The smallest absolute Gasteiger partial charge is 0.263 e. The van der Waals surface area contributed by atoms with E-state index in [0.717, 1.165) is 34.7 Å². The summed E-state index contributed by atoms with van der Waals surface area (Å²) < 4.78 is 7.25. The van der Waals surface area contributed by atoms with Crippen LogP contribution in [0.2, 0.25) is 0 Å². The Kier molecular flexibility index (Phi) is 6.60. The summed E-state index contributed by atoms with van der Waals surface area (Å²) in [5, 5.41) is 4.26. The Balaban J connectivity index is 1.77. The molecule has 1 aliphatic heterocycles. The Bertz CT molecular complexity index is 882. The molecule has 0 aromatic carbocycles. The van der Waals surface area contributed by atoms with Gasteiger partial charge in [-0.3, -0.25) is 14.2 Å². The second kappa shape index (κ2) is 8.75. The fourth-order valence-corrected chi connectivity index (χ4v) is 5.07. The van der Waals surface area contributed by atoms with Crippen LogP contribution in [0, 0.1) is 19.8 Å². The summed E-state index contributed by atoms with van der Waals surface area (Å²) >= 11 is 2.87. The average molecular weight is 410 g/mol.